The second kappa shape index (κ2) is 4.91. The van der Waals surface area contributed by atoms with Gasteiger partial charge in [-0.05, 0) is 39.2 Å². The van der Waals surface area contributed by atoms with Crippen LogP contribution in [0.25, 0.3) is 0 Å². The second-order valence-corrected chi connectivity index (χ2v) is 4.27. The molecule has 2 heterocycles. The van der Waals surface area contributed by atoms with Crippen molar-refractivity contribution >= 4 is 18.3 Å². The van der Waals surface area contributed by atoms with E-state index in [-0.39, 0.29) is 18.3 Å². The molecule has 0 saturated carbocycles. The van der Waals surface area contributed by atoms with Crippen molar-refractivity contribution in [3.05, 3.63) is 23.2 Å². The first-order chi connectivity index (χ1) is 7.15. The van der Waals surface area contributed by atoms with Crippen LogP contribution in [0.4, 0.5) is 0 Å². The van der Waals surface area contributed by atoms with Gasteiger partial charge in [0.05, 0.1) is 0 Å². The predicted octanol–water partition coefficient (Wildman–Crippen LogP) is 2.55. The first kappa shape index (κ1) is 13.1. The number of fused-ring (bicyclic) bond motifs is 1. The molecule has 2 rings (SSSR count). The van der Waals surface area contributed by atoms with Crippen molar-refractivity contribution in [2.45, 2.75) is 46.1 Å². The van der Waals surface area contributed by atoms with Gasteiger partial charge in [0, 0.05) is 17.3 Å². The average molecular weight is 243 g/mol. The van der Waals surface area contributed by atoms with Crippen LogP contribution in [0.5, 0.6) is 0 Å². The quantitative estimate of drug-likeness (QED) is 0.767. The Labute approximate surface area is 103 Å². The van der Waals surface area contributed by atoms with Crippen molar-refractivity contribution in [1.82, 2.24) is 10.2 Å². The number of halogens is 1. The molecular weight excluding hydrogens is 224 g/mol. The smallest absolute Gasteiger partial charge is 0.257 e. The van der Waals surface area contributed by atoms with E-state index in [2.05, 4.69) is 18.3 Å². The molecular formula is C12H19ClN2O. The number of nitrogens with zero attached hydrogens (tertiary/aromatic N) is 1. The van der Waals surface area contributed by atoms with E-state index >= 15 is 0 Å². The molecule has 2 aliphatic rings. The van der Waals surface area contributed by atoms with Crippen LogP contribution in [0, 0.1) is 0 Å². The summed E-state index contributed by atoms with van der Waals surface area (Å²) in [6, 6.07) is 0.319. The third-order valence-electron chi connectivity index (χ3n) is 3.22. The summed E-state index contributed by atoms with van der Waals surface area (Å²) in [6.07, 6.45) is 5.04. The maximum atomic E-state index is 12.2. The van der Waals surface area contributed by atoms with E-state index in [1.807, 2.05) is 18.7 Å². The summed E-state index contributed by atoms with van der Waals surface area (Å²) in [7, 11) is 0. The molecule has 1 amide bonds. The highest BCUT2D eigenvalue weighted by Gasteiger charge is 2.32. The highest BCUT2D eigenvalue weighted by atomic mass is 35.5. The zero-order chi connectivity index (χ0) is 11.0. The fourth-order valence-electron chi connectivity index (χ4n) is 2.34. The van der Waals surface area contributed by atoms with Crippen molar-refractivity contribution < 1.29 is 4.79 Å². The second-order valence-electron chi connectivity index (χ2n) is 4.27. The summed E-state index contributed by atoms with van der Waals surface area (Å²) in [6.45, 7) is 6.12. The lowest BCUT2D eigenvalue weighted by Gasteiger charge is -2.39. The van der Waals surface area contributed by atoms with Crippen molar-refractivity contribution in [2.24, 2.45) is 0 Å². The molecule has 0 bridgehead atoms. The molecule has 1 N–H and O–H groups in total. The third-order valence-corrected chi connectivity index (χ3v) is 3.22. The first-order valence-electron chi connectivity index (χ1n) is 5.65. The lowest BCUT2D eigenvalue weighted by Crippen LogP contribution is -2.48. The Kier molecular flexibility index (Phi) is 4.03. The summed E-state index contributed by atoms with van der Waals surface area (Å²) in [5.74, 6) is 1.17. The number of rotatable bonds is 1. The number of nitrogens with one attached hydrogen (secondary N) is 1. The maximum absolute atomic E-state index is 12.2. The van der Waals surface area contributed by atoms with Crippen LogP contribution in [0.3, 0.4) is 0 Å². The van der Waals surface area contributed by atoms with Crippen LogP contribution in [0.2, 0.25) is 0 Å². The van der Waals surface area contributed by atoms with Gasteiger partial charge in [0.1, 0.15) is 5.82 Å². The number of hydrogen-bond donors (Lipinski definition) is 1. The Morgan fingerprint density at radius 1 is 1.56 bits per heavy atom. The minimum Gasteiger partial charge on any atom is -0.345 e. The average Bonchev–Trinajstić information content (AvgIpc) is 2.17. The summed E-state index contributed by atoms with van der Waals surface area (Å²) in [4.78, 5) is 14.1. The molecule has 4 heteroatoms. The summed E-state index contributed by atoms with van der Waals surface area (Å²) < 4.78 is 0. The summed E-state index contributed by atoms with van der Waals surface area (Å²) in [5.41, 5.74) is 1.93. The van der Waals surface area contributed by atoms with E-state index in [4.69, 9.17) is 0 Å². The lowest BCUT2D eigenvalue weighted by molar-refractivity contribution is -0.128. The Balaban J connectivity index is 0.00000128. The third kappa shape index (κ3) is 1.96. The van der Waals surface area contributed by atoms with Gasteiger partial charge in [0.2, 0.25) is 0 Å². The molecule has 0 aromatic carbocycles. The van der Waals surface area contributed by atoms with E-state index < -0.39 is 0 Å². The zero-order valence-electron chi connectivity index (χ0n) is 10.0. The van der Waals surface area contributed by atoms with Crippen LogP contribution in [0.1, 0.15) is 40.0 Å². The summed E-state index contributed by atoms with van der Waals surface area (Å²) >= 11 is 0. The topological polar surface area (TPSA) is 32.3 Å². The van der Waals surface area contributed by atoms with Gasteiger partial charge in [-0.15, -0.1) is 12.4 Å². The van der Waals surface area contributed by atoms with E-state index in [0.717, 1.165) is 36.4 Å². The zero-order valence-corrected chi connectivity index (χ0v) is 10.9. The Morgan fingerprint density at radius 2 is 2.25 bits per heavy atom. The van der Waals surface area contributed by atoms with Gasteiger partial charge < -0.3 is 5.32 Å². The highest BCUT2D eigenvalue weighted by molar-refractivity contribution is 5.96. The van der Waals surface area contributed by atoms with E-state index in [0.29, 0.717) is 6.04 Å². The molecule has 1 atom stereocenters. The molecule has 0 radical (unpaired) electrons. The van der Waals surface area contributed by atoms with Crippen LogP contribution in [-0.4, -0.2) is 16.8 Å². The van der Waals surface area contributed by atoms with Crippen LogP contribution < -0.4 is 5.32 Å². The lowest BCUT2D eigenvalue weighted by atomic mass is 10.0. The minimum absolute atomic E-state index is 0. The van der Waals surface area contributed by atoms with E-state index in [1.54, 1.807) is 0 Å². The molecule has 0 spiro atoms. The van der Waals surface area contributed by atoms with Gasteiger partial charge in [-0.3, -0.25) is 9.69 Å². The van der Waals surface area contributed by atoms with Gasteiger partial charge in [-0.1, -0.05) is 6.92 Å². The molecule has 3 nitrogen and oxygen atoms in total. The van der Waals surface area contributed by atoms with Crippen molar-refractivity contribution in [1.29, 1.82) is 0 Å². The fraction of sp³-hybridized carbons (Fsp3) is 0.583. The SMILES string of the molecule is CCC1=C(C)NC2=CCCC(C)N2C1=O.Cl. The molecule has 0 aliphatic carbocycles. The first-order valence-corrected chi connectivity index (χ1v) is 5.65. The maximum Gasteiger partial charge on any atom is 0.257 e. The van der Waals surface area contributed by atoms with Gasteiger partial charge in [-0.25, -0.2) is 0 Å². The van der Waals surface area contributed by atoms with Crippen LogP contribution in [-0.2, 0) is 4.79 Å². The highest BCUT2D eigenvalue weighted by Crippen LogP contribution is 2.27. The van der Waals surface area contributed by atoms with Crippen molar-refractivity contribution in [2.75, 3.05) is 0 Å². The minimum atomic E-state index is 0. The molecule has 0 aromatic rings. The van der Waals surface area contributed by atoms with Crippen molar-refractivity contribution in [3.63, 3.8) is 0 Å². The molecule has 0 fully saturated rings. The van der Waals surface area contributed by atoms with Gasteiger partial charge in [0.15, 0.2) is 0 Å². The molecule has 2 aliphatic heterocycles. The fourth-order valence-corrected chi connectivity index (χ4v) is 2.34. The Bertz CT molecular complexity index is 360. The van der Waals surface area contributed by atoms with E-state index in [1.165, 1.54) is 0 Å². The number of hydrogen-bond acceptors (Lipinski definition) is 2. The molecule has 0 aromatic heterocycles. The number of amides is 1. The molecule has 0 saturated heterocycles. The normalized spacial score (nSPS) is 24.4. The summed E-state index contributed by atoms with van der Waals surface area (Å²) in [5, 5.41) is 3.33. The Hall–Kier alpha value is -0.960. The standard InChI is InChI=1S/C12H18N2O.ClH/c1-4-10-9(3)13-11-7-5-6-8(2)14(11)12(10)15;/h7-8,13H,4-6H2,1-3H3;1H. The largest absolute Gasteiger partial charge is 0.345 e. The molecule has 90 valence electrons. The molecule has 16 heavy (non-hydrogen) atoms. The number of carbonyl (C=O) groups is 1. The van der Waals surface area contributed by atoms with E-state index in [9.17, 15) is 4.79 Å². The number of carbonyl (C=O) groups excluding carboxylic acids is 1. The van der Waals surface area contributed by atoms with Crippen LogP contribution >= 0.6 is 12.4 Å². The van der Waals surface area contributed by atoms with Gasteiger partial charge >= 0.3 is 0 Å². The predicted molar refractivity (Wildman–Crippen MR) is 67.0 cm³/mol. The van der Waals surface area contributed by atoms with Crippen LogP contribution in [0.15, 0.2) is 23.2 Å². The monoisotopic (exact) mass is 242 g/mol. The van der Waals surface area contributed by atoms with Crippen molar-refractivity contribution in [3.8, 4) is 0 Å². The Morgan fingerprint density at radius 3 is 2.88 bits per heavy atom. The van der Waals surface area contributed by atoms with Gasteiger partial charge in [-0.2, -0.15) is 0 Å². The number of allylic oxidation sites excluding steroid dienone is 2. The van der Waals surface area contributed by atoms with Gasteiger partial charge in [0.25, 0.3) is 5.91 Å². The molecule has 1 unspecified atom stereocenters.